The predicted octanol–water partition coefficient (Wildman–Crippen LogP) is 14.0. The minimum absolute atomic E-state index is 0.0343. The summed E-state index contributed by atoms with van der Waals surface area (Å²) in [4.78, 5) is 10.1. The largest absolute Gasteiger partial charge is 0.309 e. The molecule has 0 amide bonds. The SMILES string of the molecule is CC1(C)c2ccccc2-c2ccc(-c3ccc(-c4ccnc(-n5c6ccccc6c6cc(-c7ccc8c(c7)c7ccccc7n8-c7ccccc7)ccc65)n4)cc3)cc21. The van der Waals surface area contributed by atoms with E-state index in [4.69, 9.17) is 9.97 Å². The fourth-order valence-electron chi connectivity index (χ4n) is 9.71. The van der Waals surface area contributed by atoms with Crippen molar-refractivity contribution in [3.63, 3.8) is 0 Å². The van der Waals surface area contributed by atoms with E-state index in [0.717, 1.165) is 28.0 Å². The molecular formula is C55H38N4. The average molecular weight is 755 g/mol. The Morgan fingerprint density at radius 3 is 1.64 bits per heavy atom. The van der Waals surface area contributed by atoms with Crippen LogP contribution in [0, 0.1) is 0 Å². The van der Waals surface area contributed by atoms with E-state index in [1.54, 1.807) is 0 Å². The Labute approximate surface area is 342 Å². The standard InChI is InChI=1S/C55H38N4/c1-55(2)47-17-9-6-14-41(47)42-27-24-39(34-48(42)55)35-20-22-36(23-21-35)49-30-31-56-54(57-49)59-51-19-11-8-16-44(51)46-33-38(26-29-53(46)59)37-25-28-52-45(32-37)43-15-7-10-18-50(43)58(52)40-12-4-3-5-13-40/h3-34H,1-2H3. The highest BCUT2D eigenvalue weighted by Gasteiger charge is 2.35. The van der Waals surface area contributed by atoms with Crippen molar-refractivity contribution in [2.75, 3.05) is 0 Å². The summed E-state index contributed by atoms with van der Waals surface area (Å²) in [7, 11) is 0. The van der Waals surface area contributed by atoms with E-state index in [2.05, 4.69) is 205 Å². The van der Waals surface area contributed by atoms with Crippen LogP contribution in [-0.4, -0.2) is 19.1 Å². The van der Waals surface area contributed by atoms with E-state index >= 15 is 0 Å². The fourth-order valence-corrected chi connectivity index (χ4v) is 9.71. The first-order chi connectivity index (χ1) is 29.0. The molecule has 12 rings (SSSR count). The second-order valence-electron chi connectivity index (χ2n) is 16.3. The van der Waals surface area contributed by atoms with Crippen molar-refractivity contribution in [3.05, 3.63) is 205 Å². The molecule has 59 heavy (non-hydrogen) atoms. The third-order valence-electron chi connectivity index (χ3n) is 12.6. The van der Waals surface area contributed by atoms with Gasteiger partial charge in [0.1, 0.15) is 0 Å². The maximum atomic E-state index is 5.20. The van der Waals surface area contributed by atoms with Crippen LogP contribution in [0.4, 0.5) is 0 Å². The van der Waals surface area contributed by atoms with Gasteiger partial charge in [-0.3, -0.25) is 4.57 Å². The zero-order valence-corrected chi connectivity index (χ0v) is 32.8. The molecule has 11 aromatic rings. The molecule has 0 unspecified atom stereocenters. The molecule has 3 aromatic heterocycles. The number of benzene rings is 8. The van der Waals surface area contributed by atoms with E-state index in [0.29, 0.717) is 5.95 Å². The van der Waals surface area contributed by atoms with Crippen molar-refractivity contribution >= 4 is 43.6 Å². The summed E-state index contributed by atoms with van der Waals surface area (Å²) in [5, 5.41) is 4.83. The number of hydrogen-bond acceptors (Lipinski definition) is 2. The Kier molecular flexibility index (Phi) is 7.24. The number of nitrogens with zero attached hydrogens (tertiary/aromatic N) is 4. The van der Waals surface area contributed by atoms with Gasteiger partial charge in [0.15, 0.2) is 0 Å². The molecular weight excluding hydrogens is 717 g/mol. The van der Waals surface area contributed by atoms with Crippen molar-refractivity contribution in [3.8, 4) is 56.3 Å². The lowest BCUT2D eigenvalue weighted by atomic mass is 9.81. The third kappa shape index (κ3) is 5.09. The molecule has 0 saturated carbocycles. The van der Waals surface area contributed by atoms with Gasteiger partial charge >= 0.3 is 0 Å². The highest BCUT2D eigenvalue weighted by atomic mass is 15.2. The lowest BCUT2D eigenvalue weighted by Gasteiger charge is -2.22. The normalized spacial score (nSPS) is 13.1. The fraction of sp³-hybridized carbons (Fsp3) is 0.0545. The minimum atomic E-state index is -0.0343. The van der Waals surface area contributed by atoms with Crippen LogP contribution in [0.5, 0.6) is 0 Å². The maximum absolute atomic E-state index is 5.20. The second-order valence-corrected chi connectivity index (χ2v) is 16.3. The summed E-state index contributed by atoms with van der Waals surface area (Å²) in [5.41, 5.74) is 17.9. The first-order valence-corrected chi connectivity index (χ1v) is 20.3. The van der Waals surface area contributed by atoms with Crippen LogP contribution in [-0.2, 0) is 5.41 Å². The molecule has 0 spiro atoms. The van der Waals surface area contributed by atoms with Gasteiger partial charge < -0.3 is 4.57 Å². The molecule has 278 valence electrons. The lowest BCUT2D eigenvalue weighted by Crippen LogP contribution is -2.14. The summed E-state index contributed by atoms with van der Waals surface area (Å²) < 4.78 is 4.56. The van der Waals surface area contributed by atoms with Crippen LogP contribution in [0.2, 0.25) is 0 Å². The zero-order valence-electron chi connectivity index (χ0n) is 32.8. The monoisotopic (exact) mass is 754 g/mol. The number of fused-ring (bicyclic) bond motifs is 9. The number of aromatic nitrogens is 4. The van der Waals surface area contributed by atoms with E-state index in [1.807, 2.05) is 12.3 Å². The molecule has 4 nitrogen and oxygen atoms in total. The van der Waals surface area contributed by atoms with Crippen LogP contribution >= 0.6 is 0 Å². The van der Waals surface area contributed by atoms with Gasteiger partial charge in [0.2, 0.25) is 5.95 Å². The molecule has 0 aliphatic heterocycles. The smallest absolute Gasteiger partial charge is 0.235 e. The zero-order chi connectivity index (χ0) is 39.2. The Hall–Kier alpha value is -7.56. The first-order valence-electron chi connectivity index (χ1n) is 20.3. The van der Waals surface area contributed by atoms with Gasteiger partial charge in [-0.2, -0.15) is 0 Å². The molecule has 4 heteroatoms. The number of hydrogen-bond donors (Lipinski definition) is 0. The van der Waals surface area contributed by atoms with Crippen LogP contribution in [0.1, 0.15) is 25.0 Å². The molecule has 0 bridgehead atoms. The van der Waals surface area contributed by atoms with Gasteiger partial charge in [-0.05, 0) is 105 Å². The van der Waals surface area contributed by atoms with Gasteiger partial charge in [0.05, 0.1) is 27.8 Å². The molecule has 0 N–H and O–H groups in total. The number of rotatable bonds is 5. The highest BCUT2D eigenvalue weighted by molar-refractivity contribution is 6.12. The summed E-state index contributed by atoms with van der Waals surface area (Å²) in [6.07, 6.45) is 1.88. The van der Waals surface area contributed by atoms with Crippen molar-refractivity contribution in [1.82, 2.24) is 19.1 Å². The van der Waals surface area contributed by atoms with Gasteiger partial charge in [0, 0.05) is 44.4 Å². The van der Waals surface area contributed by atoms with Crippen LogP contribution in [0.3, 0.4) is 0 Å². The summed E-state index contributed by atoms with van der Waals surface area (Å²) in [5.74, 6) is 0.654. The Bertz CT molecular complexity index is 3460. The molecule has 0 atom stereocenters. The first kappa shape index (κ1) is 33.6. The Morgan fingerprint density at radius 1 is 0.390 bits per heavy atom. The van der Waals surface area contributed by atoms with Gasteiger partial charge in [0.25, 0.3) is 0 Å². The topological polar surface area (TPSA) is 35.6 Å². The average Bonchev–Trinajstić information content (AvgIpc) is 3.89. The quantitative estimate of drug-likeness (QED) is 0.175. The van der Waals surface area contributed by atoms with Crippen LogP contribution in [0.25, 0.3) is 99.9 Å². The number of para-hydroxylation sites is 3. The Balaban J connectivity index is 0.910. The summed E-state index contributed by atoms with van der Waals surface area (Å²) in [6.45, 7) is 4.67. The molecule has 1 aliphatic carbocycles. The minimum Gasteiger partial charge on any atom is -0.309 e. The summed E-state index contributed by atoms with van der Waals surface area (Å²) in [6, 6.07) is 68.1. The molecule has 0 fully saturated rings. The van der Waals surface area contributed by atoms with Gasteiger partial charge in [-0.1, -0.05) is 141 Å². The molecule has 0 saturated heterocycles. The van der Waals surface area contributed by atoms with E-state index in [9.17, 15) is 0 Å². The van der Waals surface area contributed by atoms with Gasteiger partial charge in [-0.25, -0.2) is 9.97 Å². The van der Waals surface area contributed by atoms with E-state index < -0.39 is 0 Å². The van der Waals surface area contributed by atoms with E-state index in [1.165, 1.54) is 77.1 Å². The van der Waals surface area contributed by atoms with Crippen molar-refractivity contribution in [2.45, 2.75) is 19.3 Å². The predicted molar refractivity (Wildman–Crippen MR) is 245 cm³/mol. The second kappa shape index (κ2) is 12.7. The molecule has 0 radical (unpaired) electrons. The third-order valence-corrected chi connectivity index (χ3v) is 12.6. The van der Waals surface area contributed by atoms with Crippen molar-refractivity contribution in [2.24, 2.45) is 0 Å². The van der Waals surface area contributed by atoms with Crippen LogP contribution < -0.4 is 0 Å². The Morgan fingerprint density at radius 2 is 0.915 bits per heavy atom. The molecule has 3 heterocycles. The lowest BCUT2D eigenvalue weighted by molar-refractivity contribution is 0.660. The van der Waals surface area contributed by atoms with Crippen molar-refractivity contribution in [1.29, 1.82) is 0 Å². The molecule has 1 aliphatic rings. The highest BCUT2D eigenvalue weighted by Crippen LogP contribution is 2.49. The van der Waals surface area contributed by atoms with Crippen LogP contribution in [0.15, 0.2) is 194 Å². The maximum Gasteiger partial charge on any atom is 0.235 e. The summed E-state index contributed by atoms with van der Waals surface area (Å²) >= 11 is 0. The van der Waals surface area contributed by atoms with Crippen molar-refractivity contribution < 1.29 is 0 Å². The van der Waals surface area contributed by atoms with Gasteiger partial charge in [-0.15, -0.1) is 0 Å². The molecule has 8 aromatic carbocycles. The van der Waals surface area contributed by atoms with E-state index in [-0.39, 0.29) is 5.41 Å².